The van der Waals surface area contributed by atoms with Gasteiger partial charge in [-0.05, 0) is 12.8 Å². The molecule has 0 heterocycles. The van der Waals surface area contributed by atoms with E-state index in [9.17, 15) is 20.1 Å². The molecule has 4 N–H and O–H groups in total. The van der Waals surface area contributed by atoms with E-state index in [0.717, 1.165) is 32.1 Å². The Balaban J connectivity index is 3.46. The van der Waals surface area contributed by atoms with Crippen LogP contribution in [0.5, 0.6) is 0 Å². The number of carbonyl (C=O) groups is 1. The van der Waals surface area contributed by atoms with E-state index in [1.54, 1.807) is 0 Å². The van der Waals surface area contributed by atoms with Crippen LogP contribution in [0.1, 0.15) is 354 Å². The summed E-state index contributed by atoms with van der Waals surface area (Å²) in [5.41, 5.74) is 0. The van der Waals surface area contributed by atoms with E-state index in [2.05, 4.69) is 19.2 Å². The van der Waals surface area contributed by atoms with Gasteiger partial charge in [0.1, 0.15) is 6.10 Å². The molecule has 0 aromatic rings. The van der Waals surface area contributed by atoms with Gasteiger partial charge in [-0.25, -0.2) is 0 Å². The van der Waals surface area contributed by atoms with E-state index in [4.69, 9.17) is 0 Å². The van der Waals surface area contributed by atoms with Crippen molar-refractivity contribution < 1.29 is 20.1 Å². The van der Waals surface area contributed by atoms with Gasteiger partial charge >= 0.3 is 0 Å². The van der Waals surface area contributed by atoms with Crippen LogP contribution in [0, 0.1) is 0 Å². The molecule has 0 saturated heterocycles. The molecule has 0 fully saturated rings. The summed E-state index contributed by atoms with van der Waals surface area (Å²) in [5.74, 6) is -0.461. The summed E-state index contributed by atoms with van der Waals surface area (Å²) in [5, 5.41) is 33.6. The number of aliphatic hydroxyl groups is 3. The van der Waals surface area contributed by atoms with E-state index in [1.165, 1.54) is 295 Å². The van der Waals surface area contributed by atoms with Crippen LogP contribution in [0.2, 0.25) is 0 Å². The van der Waals surface area contributed by atoms with Crippen LogP contribution in [0.25, 0.3) is 0 Å². The lowest BCUT2D eigenvalue weighted by atomic mass is 10.0. The maximum absolute atomic E-state index is 12.6. The third-order valence-electron chi connectivity index (χ3n) is 14.7. The van der Waals surface area contributed by atoms with Gasteiger partial charge in [-0.3, -0.25) is 4.79 Å². The molecule has 3 unspecified atom stereocenters. The van der Waals surface area contributed by atoms with Crippen LogP contribution in [0.15, 0.2) is 0 Å². The molecule has 0 radical (unpaired) electrons. The van der Waals surface area contributed by atoms with Crippen molar-refractivity contribution in [1.29, 1.82) is 0 Å². The van der Waals surface area contributed by atoms with Crippen molar-refractivity contribution in [1.82, 2.24) is 5.32 Å². The maximum atomic E-state index is 12.6. The lowest BCUT2D eigenvalue weighted by Gasteiger charge is -2.23. The summed E-state index contributed by atoms with van der Waals surface area (Å²) in [6, 6.07) is -0.708. The summed E-state index contributed by atoms with van der Waals surface area (Å²) >= 11 is 0. The number of nitrogens with one attached hydrogen (secondary N) is 1. The van der Waals surface area contributed by atoms with Gasteiger partial charge < -0.3 is 20.6 Å². The van der Waals surface area contributed by atoms with Crippen LogP contribution < -0.4 is 5.32 Å². The summed E-state index contributed by atoms with van der Waals surface area (Å²) in [6.07, 6.45) is 68.8. The molecule has 0 aromatic heterocycles. The first kappa shape index (κ1) is 64.3. The number of rotatable bonds is 57. The van der Waals surface area contributed by atoms with E-state index < -0.39 is 24.2 Å². The summed E-state index contributed by atoms with van der Waals surface area (Å²) in [6.45, 7) is 4.29. The molecule has 3 atom stereocenters. The predicted octanol–water partition coefficient (Wildman–Crippen LogP) is 18.9. The van der Waals surface area contributed by atoms with Crippen molar-refractivity contribution in [2.45, 2.75) is 372 Å². The van der Waals surface area contributed by atoms with Crippen LogP contribution >= 0.6 is 0 Å². The number of aliphatic hydroxyl groups excluding tert-OH is 3. The van der Waals surface area contributed by atoms with Crippen LogP contribution in [-0.4, -0.2) is 46.1 Å². The Morgan fingerprint density at radius 3 is 0.692 bits per heavy atom. The van der Waals surface area contributed by atoms with Gasteiger partial charge in [-0.15, -0.1) is 0 Å². The molecular formula is C60H121NO4. The van der Waals surface area contributed by atoms with Crippen molar-refractivity contribution in [3.8, 4) is 0 Å². The minimum Gasteiger partial charge on any atom is -0.394 e. The summed E-state index contributed by atoms with van der Waals surface area (Å²) in [7, 11) is 0. The summed E-state index contributed by atoms with van der Waals surface area (Å²) < 4.78 is 0. The first-order chi connectivity index (χ1) is 32.1. The number of amides is 1. The fraction of sp³-hybridized carbons (Fsp3) is 0.983. The Labute approximate surface area is 408 Å². The third kappa shape index (κ3) is 51.0. The zero-order valence-corrected chi connectivity index (χ0v) is 44.7. The van der Waals surface area contributed by atoms with Crippen LogP contribution in [0.4, 0.5) is 0 Å². The molecule has 0 aliphatic carbocycles. The zero-order valence-electron chi connectivity index (χ0n) is 44.7. The quantitative estimate of drug-likeness (QED) is 0.0458. The van der Waals surface area contributed by atoms with Crippen molar-refractivity contribution in [2.75, 3.05) is 6.61 Å². The third-order valence-corrected chi connectivity index (χ3v) is 14.7. The molecule has 5 nitrogen and oxygen atoms in total. The van der Waals surface area contributed by atoms with Gasteiger partial charge in [0.05, 0.1) is 18.8 Å². The van der Waals surface area contributed by atoms with Gasteiger partial charge in [0.2, 0.25) is 5.91 Å². The molecule has 1 amide bonds. The number of unbranched alkanes of at least 4 members (excludes halogenated alkanes) is 49. The van der Waals surface area contributed by atoms with Gasteiger partial charge in [0.15, 0.2) is 0 Å². The normalized spacial score (nSPS) is 13.1. The average Bonchev–Trinajstić information content (AvgIpc) is 3.31. The van der Waals surface area contributed by atoms with E-state index in [-0.39, 0.29) is 6.61 Å². The predicted molar refractivity (Wildman–Crippen MR) is 287 cm³/mol. The molecule has 5 heteroatoms. The Bertz CT molecular complexity index is 883. The Kier molecular flexibility index (Phi) is 55.4. The molecule has 390 valence electrons. The Hall–Kier alpha value is -0.650. The highest BCUT2D eigenvalue weighted by Gasteiger charge is 2.23. The lowest BCUT2D eigenvalue weighted by molar-refractivity contribution is -0.131. The first-order valence-electron chi connectivity index (χ1n) is 30.3. The highest BCUT2D eigenvalue weighted by Crippen LogP contribution is 2.19. The molecule has 0 aliphatic rings. The number of hydrogen-bond acceptors (Lipinski definition) is 4. The smallest absolute Gasteiger partial charge is 0.249 e. The highest BCUT2D eigenvalue weighted by molar-refractivity contribution is 5.80. The van der Waals surface area contributed by atoms with Gasteiger partial charge in [0, 0.05) is 0 Å². The molecular weight excluding hydrogens is 799 g/mol. The van der Waals surface area contributed by atoms with E-state index >= 15 is 0 Å². The van der Waals surface area contributed by atoms with Crippen LogP contribution in [0.3, 0.4) is 0 Å². The van der Waals surface area contributed by atoms with Crippen LogP contribution in [-0.2, 0) is 4.79 Å². The molecule has 0 rings (SSSR count). The first-order valence-corrected chi connectivity index (χ1v) is 30.3. The maximum Gasteiger partial charge on any atom is 0.249 e. The Morgan fingerprint density at radius 2 is 0.492 bits per heavy atom. The van der Waals surface area contributed by atoms with Crippen molar-refractivity contribution in [2.24, 2.45) is 0 Å². The van der Waals surface area contributed by atoms with Crippen molar-refractivity contribution in [3.63, 3.8) is 0 Å². The largest absolute Gasteiger partial charge is 0.394 e. The SMILES string of the molecule is CCCCCCCCCCCCCCCCCCCCCCCCCCCCCCCC(O)C(=O)NC(CO)C(O)CCCCCCCCCCCCCCCCCCCCCCCC. The molecule has 0 bridgehead atoms. The van der Waals surface area contributed by atoms with Gasteiger partial charge in [-0.2, -0.15) is 0 Å². The van der Waals surface area contributed by atoms with Gasteiger partial charge in [0.25, 0.3) is 0 Å². The molecule has 0 spiro atoms. The van der Waals surface area contributed by atoms with Gasteiger partial charge in [-0.1, -0.05) is 341 Å². The average molecular weight is 921 g/mol. The second-order valence-electron chi connectivity index (χ2n) is 21.3. The highest BCUT2D eigenvalue weighted by atomic mass is 16.3. The summed E-state index contributed by atoms with van der Waals surface area (Å²) in [4.78, 5) is 12.6. The molecule has 0 saturated carbocycles. The minimum atomic E-state index is -1.07. The fourth-order valence-electron chi connectivity index (χ4n) is 10.0. The second-order valence-corrected chi connectivity index (χ2v) is 21.3. The van der Waals surface area contributed by atoms with Crippen molar-refractivity contribution in [3.05, 3.63) is 0 Å². The molecule has 0 aliphatic heterocycles. The molecule has 0 aromatic carbocycles. The number of hydrogen-bond donors (Lipinski definition) is 4. The lowest BCUT2D eigenvalue weighted by Crippen LogP contribution is -2.49. The monoisotopic (exact) mass is 920 g/mol. The topological polar surface area (TPSA) is 89.8 Å². The van der Waals surface area contributed by atoms with E-state index in [0.29, 0.717) is 12.8 Å². The standard InChI is InChI=1S/C60H121NO4/c1-3-5-7-9-11-13-15-17-19-21-23-25-27-28-29-30-31-32-33-35-37-39-41-43-45-47-49-51-53-55-59(64)60(65)61-57(56-62)58(63)54-52-50-48-46-44-42-40-38-36-34-26-24-22-20-18-16-14-12-10-8-6-4-2/h57-59,62-64H,3-56H2,1-2H3,(H,61,65). The molecule has 65 heavy (non-hydrogen) atoms. The van der Waals surface area contributed by atoms with E-state index in [1.807, 2.05) is 0 Å². The van der Waals surface area contributed by atoms with Crippen molar-refractivity contribution >= 4 is 5.91 Å². The number of carbonyl (C=O) groups excluding carboxylic acids is 1. The fourth-order valence-corrected chi connectivity index (χ4v) is 10.0. The minimum absolute atomic E-state index is 0.307. The Morgan fingerprint density at radius 1 is 0.308 bits per heavy atom. The zero-order chi connectivity index (χ0) is 47.2. The second kappa shape index (κ2) is 55.9.